The smallest absolute Gasteiger partial charge is 0.254 e. The summed E-state index contributed by atoms with van der Waals surface area (Å²) in [6, 6.07) is 3.21. The van der Waals surface area contributed by atoms with Crippen LogP contribution >= 0.6 is 15.9 Å². The van der Waals surface area contributed by atoms with E-state index in [9.17, 15) is 13.6 Å². The van der Waals surface area contributed by atoms with Crippen LogP contribution in [0.15, 0.2) is 18.2 Å². The molecule has 1 aliphatic carbocycles. The summed E-state index contributed by atoms with van der Waals surface area (Å²) in [7, 11) is 0. The molecule has 0 spiro atoms. The van der Waals surface area contributed by atoms with E-state index < -0.39 is 11.6 Å². The van der Waals surface area contributed by atoms with E-state index in [-0.39, 0.29) is 17.5 Å². The van der Waals surface area contributed by atoms with Crippen LogP contribution in [0, 0.1) is 11.6 Å². The largest absolute Gasteiger partial charge is 0.336 e. The first-order valence-corrected chi connectivity index (χ1v) is 7.57. The number of hydrogen-bond acceptors (Lipinski definition) is 1. The second-order valence-corrected chi connectivity index (χ2v) is 5.58. The normalized spacial score (nSPS) is 15.1. The third-order valence-electron chi connectivity index (χ3n) is 3.42. The van der Waals surface area contributed by atoms with E-state index in [1.165, 1.54) is 0 Å². The minimum atomic E-state index is -0.711. The predicted molar refractivity (Wildman–Crippen MR) is 73.4 cm³/mol. The van der Waals surface area contributed by atoms with Crippen molar-refractivity contribution in [1.82, 2.24) is 4.90 Å². The second-order valence-electron chi connectivity index (χ2n) is 4.78. The fourth-order valence-electron chi connectivity index (χ4n) is 2.22. The Bertz CT molecular complexity index is 443. The summed E-state index contributed by atoms with van der Waals surface area (Å²) < 4.78 is 26.4. The highest BCUT2D eigenvalue weighted by Gasteiger charge is 2.29. The maximum atomic E-state index is 13.2. The summed E-state index contributed by atoms with van der Waals surface area (Å²) in [6.45, 7) is 0.618. The Labute approximate surface area is 119 Å². The first-order valence-electron chi connectivity index (χ1n) is 6.45. The lowest BCUT2D eigenvalue weighted by molar-refractivity contribution is 0.0580. The Hall–Kier alpha value is -0.970. The number of hydrogen-bond donors (Lipinski definition) is 0. The molecule has 1 amide bonds. The fraction of sp³-hybridized carbons (Fsp3) is 0.500. The van der Waals surface area contributed by atoms with Gasteiger partial charge in [-0.05, 0) is 37.8 Å². The van der Waals surface area contributed by atoms with Gasteiger partial charge in [0.25, 0.3) is 5.91 Å². The van der Waals surface area contributed by atoms with Gasteiger partial charge in [0.1, 0.15) is 11.6 Å². The molecule has 19 heavy (non-hydrogen) atoms. The minimum absolute atomic E-state index is 0.0963. The van der Waals surface area contributed by atoms with Crippen LogP contribution in [0.3, 0.4) is 0 Å². The van der Waals surface area contributed by atoms with Crippen LogP contribution in [-0.2, 0) is 0 Å². The monoisotopic (exact) mass is 331 g/mol. The highest BCUT2D eigenvalue weighted by atomic mass is 79.9. The van der Waals surface area contributed by atoms with Crippen LogP contribution in [0.1, 0.15) is 36.0 Å². The molecule has 0 N–H and O–H groups in total. The zero-order valence-electron chi connectivity index (χ0n) is 10.5. The van der Waals surface area contributed by atoms with Crippen molar-refractivity contribution in [2.24, 2.45) is 0 Å². The van der Waals surface area contributed by atoms with E-state index in [1.54, 1.807) is 4.90 Å². The van der Waals surface area contributed by atoms with Crippen LogP contribution in [0.2, 0.25) is 0 Å². The summed E-state index contributed by atoms with van der Waals surface area (Å²) in [5.41, 5.74) is 0.0963. The van der Waals surface area contributed by atoms with Gasteiger partial charge in [-0.25, -0.2) is 8.78 Å². The molecule has 1 saturated carbocycles. The molecule has 1 aliphatic rings. The highest BCUT2D eigenvalue weighted by Crippen LogP contribution is 2.26. The summed E-state index contributed by atoms with van der Waals surface area (Å²) in [6.07, 6.45) is 3.90. The summed E-state index contributed by atoms with van der Waals surface area (Å²) >= 11 is 3.34. The van der Waals surface area contributed by atoms with Crippen LogP contribution in [-0.4, -0.2) is 28.7 Å². The number of benzene rings is 1. The molecule has 0 saturated heterocycles. The van der Waals surface area contributed by atoms with Gasteiger partial charge in [0.2, 0.25) is 0 Å². The van der Waals surface area contributed by atoms with Crippen molar-refractivity contribution in [3.63, 3.8) is 0 Å². The second kappa shape index (κ2) is 6.46. The van der Waals surface area contributed by atoms with Gasteiger partial charge in [-0.3, -0.25) is 4.79 Å². The molecule has 2 nitrogen and oxygen atoms in total. The molecule has 0 unspecified atom stereocenters. The van der Waals surface area contributed by atoms with Gasteiger partial charge in [-0.15, -0.1) is 0 Å². The first-order chi connectivity index (χ1) is 9.11. The van der Waals surface area contributed by atoms with Crippen LogP contribution in [0.4, 0.5) is 8.78 Å². The van der Waals surface area contributed by atoms with Crippen LogP contribution in [0.5, 0.6) is 0 Å². The molecular weight excluding hydrogens is 316 g/mol. The molecule has 1 fully saturated rings. The lowest BCUT2D eigenvalue weighted by Crippen LogP contribution is -2.44. The average molecular weight is 332 g/mol. The molecule has 0 radical (unpaired) electrons. The average Bonchev–Trinajstić information content (AvgIpc) is 2.29. The molecule has 1 aromatic carbocycles. The zero-order valence-corrected chi connectivity index (χ0v) is 12.1. The minimum Gasteiger partial charge on any atom is -0.336 e. The van der Waals surface area contributed by atoms with Gasteiger partial charge in [0.15, 0.2) is 0 Å². The van der Waals surface area contributed by atoms with Gasteiger partial charge < -0.3 is 4.90 Å². The molecule has 104 valence electrons. The number of alkyl halides is 1. The molecule has 1 aromatic rings. The molecule has 0 aromatic heterocycles. The molecule has 0 atom stereocenters. The molecular formula is C14H16BrF2NO. The standard InChI is InChI=1S/C14H16BrF2NO/c15-5-2-6-18(13-3-1-4-13)14(19)10-7-11(16)9-12(17)8-10/h7-9,13H,1-6H2. The summed E-state index contributed by atoms with van der Waals surface area (Å²) in [4.78, 5) is 14.1. The lowest BCUT2D eigenvalue weighted by atomic mass is 9.91. The van der Waals surface area contributed by atoms with Crippen molar-refractivity contribution >= 4 is 21.8 Å². The first kappa shape index (κ1) is 14.4. The van der Waals surface area contributed by atoms with Crippen molar-refractivity contribution in [1.29, 1.82) is 0 Å². The van der Waals surface area contributed by atoms with E-state index in [0.717, 1.165) is 49.2 Å². The molecule has 0 heterocycles. The zero-order chi connectivity index (χ0) is 13.8. The number of amides is 1. The maximum absolute atomic E-state index is 13.2. The highest BCUT2D eigenvalue weighted by molar-refractivity contribution is 9.09. The van der Waals surface area contributed by atoms with Gasteiger partial charge in [0.05, 0.1) is 0 Å². The number of rotatable bonds is 5. The third-order valence-corrected chi connectivity index (χ3v) is 3.98. The Kier molecular flexibility index (Phi) is 4.91. The Balaban J connectivity index is 2.17. The molecule has 0 aliphatic heterocycles. The van der Waals surface area contributed by atoms with Crippen molar-refractivity contribution in [3.05, 3.63) is 35.4 Å². The third kappa shape index (κ3) is 3.53. The van der Waals surface area contributed by atoms with Crippen molar-refractivity contribution in [2.75, 3.05) is 11.9 Å². The van der Waals surface area contributed by atoms with Gasteiger partial charge in [-0.2, -0.15) is 0 Å². The Morgan fingerprint density at radius 2 is 1.89 bits per heavy atom. The van der Waals surface area contributed by atoms with E-state index >= 15 is 0 Å². The van der Waals surface area contributed by atoms with Gasteiger partial charge >= 0.3 is 0 Å². The molecule has 5 heteroatoms. The Morgan fingerprint density at radius 3 is 2.37 bits per heavy atom. The summed E-state index contributed by atoms with van der Waals surface area (Å²) in [5.74, 6) is -1.70. The topological polar surface area (TPSA) is 20.3 Å². The van der Waals surface area contributed by atoms with E-state index in [4.69, 9.17) is 0 Å². The van der Waals surface area contributed by atoms with Crippen molar-refractivity contribution < 1.29 is 13.6 Å². The van der Waals surface area contributed by atoms with Gasteiger partial charge in [-0.1, -0.05) is 15.9 Å². The molecule has 2 rings (SSSR count). The van der Waals surface area contributed by atoms with Crippen LogP contribution < -0.4 is 0 Å². The Morgan fingerprint density at radius 1 is 1.26 bits per heavy atom. The molecule has 0 bridgehead atoms. The predicted octanol–water partition coefficient (Wildman–Crippen LogP) is 3.74. The maximum Gasteiger partial charge on any atom is 0.254 e. The number of carbonyl (C=O) groups is 1. The number of halogens is 3. The fourth-order valence-corrected chi connectivity index (χ4v) is 2.47. The SMILES string of the molecule is O=C(c1cc(F)cc(F)c1)N(CCCBr)C1CCC1. The van der Waals surface area contributed by atoms with Gasteiger partial charge in [0, 0.05) is 29.5 Å². The van der Waals surface area contributed by atoms with Crippen molar-refractivity contribution in [3.8, 4) is 0 Å². The number of nitrogens with zero attached hydrogens (tertiary/aromatic N) is 1. The quantitative estimate of drug-likeness (QED) is 0.752. The van der Waals surface area contributed by atoms with E-state index in [1.807, 2.05) is 0 Å². The number of carbonyl (C=O) groups excluding carboxylic acids is 1. The van der Waals surface area contributed by atoms with Crippen LogP contribution in [0.25, 0.3) is 0 Å². The van der Waals surface area contributed by atoms with E-state index in [2.05, 4.69) is 15.9 Å². The summed E-state index contributed by atoms with van der Waals surface area (Å²) in [5, 5.41) is 0.807. The lowest BCUT2D eigenvalue weighted by Gasteiger charge is -2.37. The van der Waals surface area contributed by atoms with Crippen molar-refractivity contribution in [2.45, 2.75) is 31.7 Å². The van der Waals surface area contributed by atoms with E-state index in [0.29, 0.717) is 6.54 Å².